The Kier molecular flexibility index (Phi) is 4.08. The first-order chi connectivity index (χ1) is 13.0. The Balaban J connectivity index is 1.91. The lowest BCUT2D eigenvalue weighted by Gasteiger charge is -2.58. The minimum absolute atomic E-state index is 0.196. The summed E-state index contributed by atoms with van der Waals surface area (Å²) in [5, 5.41) is 22.4. The fourth-order valence-corrected chi connectivity index (χ4v) is 5.51. The zero-order valence-corrected chi connectivity index (χ0v) is 16.1. The Morgan fingerprint density at radius 3 is 2.46 bits per heavy atom. The molecule has 2 heterocycles. The number of ether oxygens (including phenoxy) is 4. The van der Waals surface area contributed by atoms with Gasteiger partial charge in [-0.1, -0.05) is 6.92 Å². The number of carbonyl (C=O) groups is 3. The third-order valence-electron chi connectivity index (χ3n) is 7.11. The molecule has 0 aromatic rings. The van der Waals surface area contributed by atoms with Crippen molar-refractivity contribution in [2.24, 2.45) is 10.8 Å². The van der Waals surface area contributed by atoms with Crippen LogP contribution in [-0.2, 0) is 33.3 Å². The van der Waals surface area contributed by atoms with Gasteiger partial charge in [-0.05, 0) is 18.6 Å². The zero-order valence-electron chi connectivity index (χ0n) is 16.1. The van der Waals surface area contributed by atoms with E-state index >= 15 is 0 Å². The smallest absolute Gasteiger partial charge is 0.303 e. The second-order valence-electron chi connectivity index (χ2n) is 8.31. The van der Waals surface area contributed by atoms with Gasteiger partial charge < -0.3 is 29.2 Å². The molecule has 2 bridgehead atoms. The molecule has 4 aliphatic rings. The quantitative estimate of drug-likeness (QED) is 0.468. The van der Waals surface area contributed by atoms with E-state index in [-0.39, 0.29) is 13.2 Å². The number of Topliss-reactive ketones (excluding diaryl/α,β-unsaturated/α-hetero) is 1. The van der Waals surface area contributed by atoms with Crippen LogP contribution in [0, 0.1) is 10.8 Å². The van der Waals surface area contributed by atoms with Crippen molar-refractivity contribution in [1.82, 2.24) is 0 Å². The highest BCUT2D eigenvalue weighted by Gasteiger charge is 2.87. The number of carbonyl (C=O) groups excluding carboxylic acids is 3. The van der Waals surface area contributed by atoms with Crippen molar-refractivity contribution in [3.05, 3.63) is 11.6 Å². The summed E-state index contributed by atoms with van der Waals surface area (Å²) in [6.07, 6.45) is -4.00. The number of ketones is 1. The summed E-state index contributed by atoms with van der Waals surface area (Å²) in [4.78, 5) is 35.9. The summed E-state index contributed by atoms with van der Waals surface area (Å²) in [6, 6.07) is 0. The van der Waals surface area contributed by atoms with Crippen LogP contribution in [0.15, 0.2) is 11.6 Å². The van der Waals surface area contributed by atoms with Crippen molar-refractivity contribution in [2.45, 2.75) is 63.8 Å². The van der Waals surface area contributed by atoms with Gasteiger partial charge in [-0.15, -0.1) is 0 Å². The van der Waals surface area contributed by atoms with Crippen LogP contribution in [0.2, 0.25) is 0 Å². The fourth-order valence-electron chi connectivity index (χ4n) is 5.51. The van der Waals surface area contributed by atoms with Crippen molar-refractivity contribution < 1.29 is 43.5 Å². The van der Waals surface area contributed by atoms with Crippen molar-refractivity contribution in [2.75, 3.05) is 13.2 Å². The lowest BCUT2D eigenvalue weighted by Crippen LogP contribution is -2.72. The maximum atomic E-state index is 12.7. The number of epoxide rings is 1. The molecule has 2 N–H and O–H groups in total. The molecule has 4 rings (SSSR count). The van der Waals surface area contributed by atoms with E-state index in [1.165, 1.54) is 13.8 Å². The Morgan fingerprint density at radius 1 is 1.29 bits per heavy atom. The number of hydrogen-bond acceptors (Lipinski definition) is 9. The summed E-state index contributed by atoms with van der Waals surface area (Å²) in [5.74, 6) is -1.73. The van der Waals surface area contributed by atoms with Gasteiger partial charge in [0, 0.05) is 19.3 Å². The highest BCUT2D eigenvalue weighted by Crippen LogP contribution is 2.71. The van der Waals surface area contributed by atoms with E-state index in [1.807, 2.05) is 0 Å². The molecule has 28 heavy (non-hydrogen) atoms. The van der Waals surface area contributed by atoms with Crippen molar-refractivity contribution in [1.29, 1.82) is 0 Å². The molecule has 3 fully saturated rings. The number of rotatable bonds is 3. The monoisotopic (exact) mass is 396 g/mol. The molecular formula is C19H24O9. The second kappa shape index (κ2) is 5.85. The maximum absolute atomic E-state index is 12.7. The van der Waals surface area contributed by atoms with Crippen LogP contribution < -0.4 is 0 Å². The van der Waals surface area contributed by atoms with Crippen molar-refractivity contribution in [3.63, 3.8) is 0 Å². The number of fused-ring (bicyclic) bond motifs is 2. The third kappa shape index (κ3) is 2.07. The zero-order chi connectivity index (χ0) is 20.6. The summed E-state index contributed by atoms with van der Waals surface area (Å²) < 4.78 is 22.5. The van der Waals surface area contributed by atoms with Crippen LogP contribution in [0.5, 0.6) is 0 Å². The summed E-state index contributed by atoms with van der Waals surface area (Å²) >= 11 is 0. The molecule has 2 aliphatic carbocycles. The number of esters is 2. The fraction of sp³-hybridized carbons (Fsp3) is 0.737. The SMILES string of the molecule is CC(=O)OC[C@@]12C(C=C(C)C(=O)[C@H]1O)OC1[C@H](OC(C)=O)[C@@H](O)[C@@]2(C)C12CO2. The van der Waals surface area contributed by atoms with Gasteiger partial charge in [0.05, 0.1) is 18.1 Å². The molecule has 9 heteroatoms. The van der Waals surface area contributed by atoms with Gasteiger partial charge in [0.15, 0.2) is 11.9 Å². The van der Waals surface area contributed by atoms with Crippen molar-refractivity contribution in [3.8, 4) is 0 Å². The first-order valence-electron chi connectivity index (χ1n) is 9.21. The molecule has 154 valence electrons. The van der Waals surface area contributed by atoms with Gasteiger partial charge in [0.25, 0.3) is 0 Å². The molecule has 0 aromatic carbocycles. The lowest BCUT2D eigenvalue weighted by molar-refractivity contribution is -0.256. The highest BCUT2D eigenvalue weighted by atomic mass is 16.7. The Hall–Kier alpha value is -1.81. The highest BCUT2D eigenvalue weighted by molar-refractivity contribution is 6.00. The largest absolute Gasteiger partial charge is 0.465 e. The standard InChI is InChI=1S/C19H24O9/c1-8-5-11-18(6-25-9(2)20,14(23)12(8)22)17(4)15(24)13(27-10(3)21)16(28-11)19(17)7-26-19/h5,11,13-16,23-24H,6-7H2,1-4H3/t11?,13-,14-,15-,16?,17-,18-,19?/m1/s1. The van der Waals surface area contributed by atoms with E-state index in [9.17, 15) is 24.6 Å². The van der Waals surface area contributed by atoms with Gasteiger partial charge in [0.1, 0.15) is 30.5 Å². The van der Waals surface area contributed by atoms with E-state index in [4.69, 9.17) is 18.9 Å². The van der Waals surface area contributed by atoms with Gasteiger partial charge in [0.2, 0.25) is 0 Å². The summed E-state index contributed by atoms with van der Waals surface area (Å²) in [7, 11) is 0. The van der Waals surface area contributed by atoms with Crippen LogP contribution in [0.3, 0.4) is 0 Å². The molecule has 0 aromatic heterocycles. The van der Waals surface area contributed by atoms with E-state index in [1.54, 1.807) is 19.9 Å². The van der Waals surface area contributed by atoms with Gasteiger partial charge in [-0.3, -0.25) is 14.4 Å². The predicted octanol–water partition coefficient (Wildman–Crippen LogP) is -0.725. The molecule has 9 nitrogen and oxygen atoms in total. The predicted molar refractivity (Wildman–Crippen MR) is 90.8 cm³/mol. The topological polar surface area (TPSA) is 132 Å². The molecule has 1 saturated carbocycles. The van der Waals surface area contributed by atoms with E-state index in [0.29, 0.717) is 5.57 Å². The van der Waals surface area contributed by atoms with Crippen LogP contribution in [0.25, 0.3) is 0 Å². The van der Waals surface area contributed by atoms with Crippen LogP contribution >= 0.6 is 0 Å². The molecular weight excluding hydrogens is 372 g/mol. The summed E-state index contributed by atoms with van der Waals surface area (Å²) in [5.41, 5.74) is -3.54. The lowest BCUT2D eigenvalue weighted by atomic mass is 9.50. The third-order valence-corrected chi connectivity index (χ3v) is 7.11. The molecule has 8 atom stereocenters. The second-order valence-corrected chi connectivity index (χ2v) is 8.31. The van der Waals surface area contributed by atoms with E-state index < -0.39 is 64.7 Å². The first kappa shape index (κ1) is 19.5. The van der Waals surface area contributed by atoms with Gasteiger partial charge in [-0.2, -0.15) is 0 Å². The summed E-state index contributed by atoms with van der Waals surface area (Å²) in [6.45, 7) is 5.51. The number of aliphatic hydroxyl groups excluding tert-OH is 2. The molecule has 1 spiro atoms. The Morgan fingerprint density at radius 2 is 1.93 bits per heavy atom. The molecule has 0 radical (unpaired) electrons. The minimum Gasteiger partial charge on any atom is -0.465 e. The van der Waals surface area contributed by atoms with Gasteiger partial charge in [-0.25, -0.2) is 0 Å². The van der Waals surface area contributed by atoms with Crippen LogP contribution in [-0.4, -0.2) is 77.3 Å². The van der Waals surface area contributed by atoms with Gasteiger partial charge >= 0.3 is 11.9 Å². The first-order valence-corrected chi connectivity index (χ1v) is 9.21. The average molecular weight is 396 g/mol. The maximum Gasteiger partial charge on any atom is 0.303 e. The van der Waals surface area contributed by atoms with Crippen LogP contribution in [0.1, 0.15) is 27.7 Å². The van der Waals surface area contributed by atoms with E-state index in [2.05, 4.69) is 0 Å². The van der Waals surface area contributed by atoms with Crippen LogP contribution in [0.4, 0.5) is 0 Å². The molecule has 0 amide bonds. The number of hydrogen-bond donors (Lipinski definition) is 2. The van der Waals surface area contributed by atoms with E-state index in [0.717, 1.165) is 0 Å². The Bertz CT molecular complexity index is 784. The molecule has 3 unspecified atom stereocenters. The van der Waals surface area contributed by atoms with Crippen molar-refractivity contribution >= 4 is 17.7 Å². The molecule has 2 saturated heterocycles. The molecule has 2 aliphatic heterocycles. The number of aliphatic hydroxyl groups is 2. The average Bonchev–Trinajstić information content (AvgIpc) is 3.39. The normalized spacial score (nSPS) is 48.7. The Labute approximate surface area is 161 Å². The minimum atomic E-state index is -1.60.